The lowest BCUT2D eigenvalue weighted by molar-refractivity contribution is 0.0723. The van der Waals surface area contributed by atoms with Crippen LogP contribution in [0.1, 0.15) is 48.4 Å². The van der Waals surface area contributed by atoms with E-state index < -0.39 is 0 Å². The first kappa shape index (κ1) is 12.7. The maximum atomic E-state index is 12.7. The standard InChI is InChI=1S/C14H22N4O/c1-3-10-6-9(2)8-18(10)14(19)13-11-7-15-5-4-12(11)16-17-13/h9-10,15H,3-8H2,1-2H3,(H,16,17). The SMILES string of the molecule is CCC1CC(C)CN1C(=O)c1n[nH]c2c1CNCC2. The lowest BCUT2D eigenvalue weighted by Crippen LogP contribution is -2.36. The van der Waals surface area contributed by atoms with E-state index in [4.69, 9.17) is 0 Å². The molecule has 0 radical (unpaired) electrons. The Hall–Kier alpha value is -1.36. The Bertz CT molecular complexity index is 482. The molecule has 2 unspecified atom stereocenters. The Morgan fingerprint density at radius 3 is 3.16 bits per heavy atom. The summed E-state index contributed by atoms with van der Waals surface area (Å²) in [4.78, 5) is 14.7. The summed E-state index contributed by atoms with van der Waals surface area (Å²) in [6.07, 6.45) is 3.08. The van der Waals surface area contributed by atoms with E-state index in [2.05, 4.69) is 29.4 Å². The zero-order valence-corrected chi connectivity index (χ0v) is 11.7. The second-order valence-corrected chi connectivity index (χ2v) is 5.82. The first-order valence-electron chi connectivity index (χ1n) is 7.28. The van der Waals surface area contributed by atoms with Crippen LogP contribution < -0.4 is 5.32 Å². The van der Waals surface area contributed by atoms with E-state index >= 15 is 0 Å². The number of nitrogens with zero attached hydrogens (tertiary/aromatic N) is 2. The van der Waals surface area contributed by atoms with Gasteiger partial charge in [-0.05, 0) is 18.8 Å². The lowest BCUT2D eigenvalue weighted by atomic mass is 10.1. The summed E-state index contributed by atoms with van der Waals surface area (Å²) in [5.41, 5.74) is 2.84. The van der Waals surface area contributed by atoms with E-state index in [9.17, 15) is 4.79 Å². The lowest BCUT2D eigenvalue weighted by Gasteiger charge is -2.23. The van der Waals surface area contributed by atoms with E-state index in [1.165, 1.54) is 0 Å². The third-order valence-electron chi connectivity index (χ3n) is 4.36. The van der Waals surface area contributed by atoms with Crippen molar-refractivity contribution < 1.29 is 4.79 Å². The van der Waals surface area contributed by atoms with Gasteiger partial charge in [0.05, 0.1) is 0 Å². The molecule has 1 saturated heterocycles. The van der Waals surface area contributed by atoms with Crippen molar-refractivity contribution >= 4 is 5.91 Å². The van der Waals surface area contributed by atoms with Gasteiger partial charge < -0.3 is 10.2 Å². The minimum atomic E-state index is 0.109. The molecule has 0 bridgehead atoms. The number of hydrogen-bond donors (Lipinski definition) is 2. The number of likely N-dealkylation sites (tertiary alicyclic amines) is 1. The van der Waals surface area contributed by atoms with Crippen LogP contribution in [-0.2, 0) is 13.0 Å². The van der Waals surface area contributed by atoms with Crippen molar-refractivity contribution in [2.24, 2.45) is 5.92 Å². The molecule has 2 atom stereocenters. The Balaban J connectivity index is 1.86. The van der Waals surface area contributed by atoms with E-state index in [0.29, 0.717) is 17.7 Å². The summed E-state index contributed by atoms with van der Waals surface area (Å²) in [7, 11) is 0. The third-order valence-corrected chi connectivity index (χ3v) is 4.36. The molecule has 0 spiro atoms. The van der Waals surface area contributed by atoms with Crippen LogP contribution >= 0.6 is 0 Å². The van der Waals surface area contributed by atoms with Crippen molar-refractivity contribution in [3.63, 3.8) is 0 Å². The van der Waals surface area contributed by atoms with Crippen LogP contribution in [0.4, 0.5) is 0 Å². The molecular formula is C14H22N4O. The molecule has 2 aliphatic heterocycles. The number of carbonyl (C=O) groups is 1. The van der Waals surface area contributed by atoms with E-state index in [1.807, 2.05) is 4.90 Å². The van der Waals surface area contributed by atoms with Crippen molar-refractivity contribution in [3.05, 3.63) is 17.0 Å². The molecule has 0 saturated carbocycles. The molecule has 2 N–H and O–H groups in total. The fourth-order valence-electron chi connectivity index (χ4n) is 3.33. The van der Waals surface area contributed by atoms with Crippen LogP contribution in [0.15, 0.2) is 0 Å². The molecular weight excluding hydrogens is 240 g/mol. The predicted molar refractivity (Wildman–Crippen MR) is 72.9 cm³/mol. The second kappa shape index (κ2) is 4.96. The van der Waals surface area contributed by atoms with Crippen LogP contribution in [0.3, 0.4) is 0 Å². The maximum absolute atomic E-state index is 12.7. The van der Waals surface area contributed by atoms with Crippen molar-refractivity contribution in [2.45, 2.75) is 45.7 Å². The summed E-state index contributed by atoms with van der Waals surface area (Å²) in [5.74, 6) is 0.708. The smallest absolute Gasteiger partial charge is 0.274 e. The molecule has 3 rings (SSSR count). The van der Waals surface area contributed by atoms with Crippen molar-refractivity contribution in [3.8, 4) is 0 Å². The van der Waals surface area contributed by atoms with Gasteiger partial charge in [-0.1, -0.05) is 13.8 Å². The number of nitrogens with one attached hydrogen (secondary N) is 2. The second-order valence-electron chi connectivity index (χ2n) is 5.82. The molecule has 1 amide bonds. The minimum Gasteiger partial charge on any atom is -0.334 e. The van der Waals surface area contributed by atoms with Crippen molar-refractivity contribution in [2.75, 3.05) is 13.1 Å². The highest BCUT2D eigenvalue weighted by atomic mass is 16.2. The van der Waals surface area contributed by atoms with Crippen LogP contribution in [0, 0.1) is 5.92 Å². The summed E-state index contributed by atoms with van der Waals surface area (Å²) in [6.45, 7) is 6.96. The number of fused-ring (bicyclic) bond motifs is 1. The molecule has 104 valence electrons. The highest BCUT2D eigenvalue weighted by Gasteiger charge is 2.35. The van der Waals surface area contributed by atoms with Gasteiger partial charge in [-0.2, -0.15) is 5.10 Å². The van der Waals surface area contributed by atoms with Gasteiger partial charge in [-0.25, -0.2) is 0 Å². The zero-order chi connectivity index (χ0) is 13.4. The number of amides is 1. The summed E-state index contributed by atoms with van der Waals surface area (Å²) >= 11 is 0. The largest absolute Gasteiger partial charge is 0.334 e. The van der Waals surface area contributed by atoms with Crippen molar-refractivity contribution in [1.29, 1.82) is 0 Å². The van der Waals surface area contributed by atoms with Gasteiger partial charge in [0.1, 0.15) is 0 Å². The fraction of sp³-hybridized carbons (Fsp3) is 0.714. The van der Waals surface area contributed by atoms with Gasteiger partial charge in [0.15, 0.2) is 5.69 Å². The van der Waals surface area contributed by atoms with Gasteiger partial charge in [0.25, 0.3) is 5.91 Å². The number of hydrogen-bond acceptors (Lipinski definition) is 3. The first-order chi connectivity index (χ1) is 9.20. The molecule has 19 heavy (non-hydrogen) atoms. The highest BCUT2D eigenvalue weighted by molar-refractivity contribution is 5.94. The molecule has 3 heterocycles. The minimum absolute atomic E-state index is 0.109. The summed E-state index contributed by atoms with van der Waals surface area (Å²) < 4.78 is 0. The Kier molecular flexibility index (Phi) is 3.31. The predicted octanol–water partition coefficient (Wildman–Crippen LogP) is 1.32. The molecule has 2 aliphatic rings. The van der Waals surface area contributed by atoms with Gasteiger partial charge in [0, 0.05) is 43.4 Å². The summed E-state index contributed by atoms with van der Waals surface area (Å²) in [6, 6.07) is 0.381. The van der Waals surface area contributed by atoms with E-state index in [0.717, 1.165) is 50.2 Å². The molecule has 0 aromatic carbocycles. The molecule has 1 fully saturated rings. The molecule has 1 aromatic rings. The maximum Gasteiger partial charge on any atom is 0.274 e. The zero-order valence-electron chi connectivity index (χ0n) is 11.7. The molecule has 1 aromatic heterocycles. The monoisotopic (exact) mass is 262 g/mol. The number of H-pyrrole nitrogens is 1. The average Bonchev–Trinajstić information content (AvgIpc) is 3.01. The quantitative estimate of drug-likeness (QED) is 0.845. The van der Waals surface area contributed by atoms with Crippen molar-refractivity contribution in [1.82, 2.24) is 20.4 Å². The molecule has 0 aliphatic carbocycles. The van der Waals surface area contributed by atoms with Crippen LogP contribution in [0.25, 0.3) is 0 Å². The van der Waals surface area contributed by atoms with E-state index in [-0.39, 0.29) is 5.91 Å². The topological polar surface area (TPSA) is 61.0 Å². The number of rotatable bonds is 2. The fourth-order valence-corrected chi connectivity index (χ4v) is 3.33. The van der Waals surface area contributed by atoms with Gasteiger partial charge in [-0.15, -0.1) is 0 Å². The molecule has 5 heteroatoms. The Morgan fingerprint density at radius 1 is 1.53 bits per heavy atom. The number of carbonyl (C=O) groups excluding carboxylic acids is 1. The van der Waals surface area contributed by atoms with Gasteiger partial charge >= 0.3 is 0 Å². The Morgan fingerprint density at radius 2 is 2.37 bits per heavy atom. The Labute approximate surface area is 113 Å². The van der Waals surface area contributed by atoms with Crippen LogP contribution in [-0.4, -0.2) is 40.1 Å². The third kappa shape index (κ3) is 2.16. The summed E-state index contributed by atoms with van der Waals surface area (Å²) in [5, 5.41) is 10.6. The molecule has 5 nitrogen and oxygen atoms in total. The normalized spacial score (nSPS) is 26.5. The van der Waals surface area contributed by atoms with Gasteiger partial charge in [0.2, 0.25) is 0 Å². The van der Waals surface area contributed by atoms with Crippen LogP contribution in [0.5, 0.6) is 0 Å². The number of aromatic nitrogens is 2. The van der Waals surface area contributed by atoms with E-state index in [1.54, 1.807) is 0 Å². The average molecular weight is 262 g/mol. The number of aromatic amines is 1. The highest BCUT2D eigenvalue weighted by Crippen LogP contribution is 2.27. The van der Waals surface area contributed by atoms with Gasteiger partial charge in [-0.3, -0.25) is 9.89 Å². The van der Waals surface area contributed by atoms with Crippen LogP contribution in [0.2, 0.25) is 0 Å². The first-order valence-corrected chi connectivity index (χ1v) is 7.28.